The molecule has 0 saturated carbocycles. The lowest BCUT2D eigenvalue weighted by Crippen LogP contribution is -1.91. The molecular formula is C11H12N2OS. The predicted octanol–water partition coefficient (Wildman–Crippen LogP) is 1.90. The van der Waals surface area contributed by atoms with Crippen LogP contribution >= 0.6 is 11.8 Å². The summed E-state index contributed by atoms with van der Waals surface area (Å²) in [6.45, 7) is 0.177. The minimum absolute atomic E-state index is 0.177. The molecule has 1 heterocycles. The number of fused-ring (bicyclic) bond motifs is 1. The summed E-state index contributed by atoms with van der Waals surface area (Å²) in [4.78, 5) is 5.20. The molecule has 2 aromatic rings. The number of pyridine rings is 1. The first-order valence-corrected chi connectivity index (χ1v) is 5.67. The van der Waals surface area contributed by atoms with Crippen molar-refractivity contribution in [3.05, 3.63) is 30.6 Å². The van der Waals surface area contributed by atoms with E-state index in [0.717, 1.165) is 21.4 Å². The largest absolute Gasteiger partial charge is 0.398 e. The average molecular weight is 220 g/mol. The van der Waals surface area contributed by atoms with Crippen LogP contribution in [0.25, 0.3) is 10.8 Å². The molecular weight excluding hydrogens is 208 g/mol. The number of hydrogen-bond acceptors (Lipinski definition) is 4. The highest BCUT2D eigenvalue weighted by molar-refractivity contribution is 7.99. The number of nitrogens with zero attached hydrogens (tertiary/aromatic N) is 1. The van der Waals surface area contributed by atoms with Crippen LogP contribution in [0.3, 0.4) is 0 Å². The third kappa shape index (κ3) is 2.06. The van der Waals surface area contributed by atoms with Gasteiger partial charge in [0.2, 0.25) is 0 Å². The molecule has 1 aromatic carbocycles. The summed E-state index contributed by atoms with van der Waals surface area (Å²) < 4.78 is 0. The molecule has 0 spiro atoms. The summed E-state index contributed by atoms with van der Waals surface area (Å²) in [6.07, 6.45) is 3.55. The molecule has 1 aromatic heterocycles. The lowest BCUT2D eigenvalue weighted by atomic mass is 10.1. The smallest absolute Gasteiger partial charge is 0.0525 e. The molecule has 78 valence electrons. The first kappa shape index (κ1) is 10.3. The van der Waals surface area contributed by atoms with Gasteiger partial charge in [0.25, 0.3) is 0 Å². The van der Waals surface area contributed by atoms with Crippen molar-refractivity contribution in [2.45, 2.75) is 4.90 Å². The van der Waals surface area contributed by atoms with Crippen LogP contribution in [0, 0.1) is 0 Å². The maximum Gasteiger partial charge on any atom is 0.0525 e. The van der Waals surface area contributed by atoms with Gasteiger partial charge in [0.1, 0.15) is 0 Å². The Hall–Kier alpha value is -1.26. The van der Waals surface area contributed by atoms with Crippen molar-refractivity contribution >= 4 is 28.2 Å². The van der Waals surface area contributed by atoms with Crippen molar-refractivity contribution in [3.8, 4) is 0 Å². The fraction of sp³-hybridized carbons (Fsp3) is 0.182. The Morgan fingerprint density at radius 3 is 2.93 bits per heavy atom. The van der Waals surface area contributed by atoms with Crippen molar-refractivity contribution in [2.75, 3.05) is 18.1 Å². The van der Waals surface area contributed by atoms with Gasteiger partial charge in [0.15, 0.2) is 0 Å². The van der Waals surface area contributed by atoms with Crippen LogP contribution in [0.5, 0.6) is 0 Å². The summed E-state index contributed by atoms with van der Waals surface area (Å²) in [7, 11) is 0. The third-order valence-electron chi connectivity index (χ3n) is 2.16. The number of benzene rings is 1. The fourth-order valence-electron chi connectivity index (χ4n) is 1.47. The topological polar surface area (TPSA) is 59.1 Å². The van der Waals surface area contributed by atoms with Crippen molar-refractivity contribution in [3.63, 3.8) is 0 Å². The van der Waals surface area contributed by atoms with Gasteiger partial charge >= 0.3 is 0 Å². The number of nitrogens with two attached hydrogens (primary N) is 1. The zero-order valence-electron chi connectivity index (χ0n) is 8.18. The molecule has 0 aliphatic heterocycles. The van der Waals surface area contributed by atoms with Crippen molar-refractivity contribution in [2.24, 2.45) is 0 Å². The van der Waals surface area contributed by atoms with Gasteiger partial charge in [0, 0.05) is 39.5 Å². The standard InChI is InChI=1S/C11H12N2OS/c12-10-1-2-11(15-6-5-14)9-7-13-4-3-8(9)10/h1-4,7,14H,5-6,12H2. The number of hydrogen-bond donors (Lipinski definition) is 2. The second kappa shape index (κ2) is 4.51. The zero-order valence-corrected chi connectivity index (χ0v) is 9.00. The van der Waals surface area contributed by atoms with Gasteiger partial charge in [-0.05, 0) is 18.2 Å². The highest BCUT2D eigenvalue weighted by atomic mass is 32.2. The number of rotatable bonds is 3. The predicted molar refractivity (Wildman–Crippen MR) is 64.0 cm³/mol. The molecule has 3 nitrogen and oxygen atoms in total. The maximum atomic E-state index is 8.79. The van der Waals surface area contributed by atoms with E-state index in [2.05, 4.69) is 4.98 Å². The molecule has 0 bridgehead atoms. The third-order valence-corrected chi connectivity index (χ3v) is 3.21. The fourth-order valence-corrected chi connectivity index (χ4v) is 2.26. The van der Waals surface area contributed by atoms with E-state index in [0.29, 0.717) is 5.75 Å². The van der Waals surface area contributed by atoms with Crippen molar-refractivity contribution in [1.29, 1.82) is 0 Å². The van der Waals surface area contributed by atoms with E-state index in [9.17, 15) is 0 Å². The van der Waals surface area contributed by atoms with Crippen LogP contribution in [0.4, 0.5) is 5.69 Å². The van der Waals surface area contributed by atoms with E-state index in [1.165, 1.54) is 0 Å². The number of nitrogen functional groups attached to an aromatic ring is 1. The van der Waals surface area contributed by atoms with Crippen LogP contribution in [0.1, 0.15) is 0 Å². The molecule has 3 N–H and O–H groups in total. The second-order valence-corrected chi connectivity index (χ2v) is 4.28. The van der Waals surface area contributed by atoms with Gasteiger partial charge in [-0.25, -0.2) is 0 Å². The Kier molecular flexibility index (Phi) is 3.08. The first-order chi connectivity index (χ1) is 7.33. The molecule has 0 unspecified atom stereocenters. The van der Waals surface area contributed by atoms with E-state index in [-0.39, 0.29) is 6.61 Å². The summed E-state index contributed by atoms with van der Waals surface area (Å²) in [5.41, 5.74) is 6.63. The highest BCUT2D eigenvalue weighted by Gasteiger charge is 2.03. The Bertz CT molecular complexity index is 473. The second-order valence-electron chi connectivity index (χ2n) is 3.15. The van der Waals surface area contributed by atoms with Gasteiger partial charge in [-0.3, -0.25) is 4.98 Å². The van der Waals surface area contributed by atoms with E-state index in [1.54, 1.807) is 18.0 Å². The van der Waals surface area contributed by atoms with Crippen LogP contribution in [0.15, 0.2) is 35.5 Å². The van der Waals surface area contributed by atoms with Gasteiger partial charge in [-0.1, -0.05) is 0 Å². The molecule has 0 saturated heterocycles. The SMILES string of the molecule is Nc1ccc(SCCO)c2cnccc12. The number of aromatic nitrogens is 1. The summed E-state index contributed by atoms with van der Waals surface area (Å²) in [5, 5.41) is 10.9. The van der Waals surface area contributed by atoms with Gasteiger partial charge < -0.3 is 10.8 Å². The Morgan fingerprint density at radius 2 is 2.13 bits per heavy atom. The molecule has 0 fully saturated rings. The zero-order chi connectivity index (χ0) is 10.7. The number of thioether (sulfide) groups is 1. The Morgan fingerprint density at radius 1 is 1.27 bits per heavy atom. The number of aliphatic hydroxyl groups excluding tert-OH is 1. The summed E-state index contributed by atoms with van der Waals surface area (Å²) in [6, 6.07) is 5.77. The summed E-state index contributed by atoms with van der Waals surface area (Å²) in [5.74, 6) is 0.688. The van der Waals surface area contributed by atoms with Gasteiger partial charge in [-0.2, -0.15) is 0 Å². The summed E-state index contributed by atoms with van der Waals surface area (Å²) >= 11 is 1.61. The normalized spacial score (nSPS) is 10.7. The van der Waals surface area contributed by atoms with E-state index < -0.39 is 0 Å². The van der Waals surface area contributed by atoms with Gasteiger partial charge in [0.05, 0.1) is 6.61 Å². The van der Waals surface area contributed by atoms with Crippen LogP contribution in [-0.2, 0) is 0 Å². The monoisotopic (exact) mass is 220 g/mol. The van der Waals surface area contributed by atoms with Crippen LogP contribution < -0.4 is 5.73 Å². The van der Waals surface area contributed by atoms with Gasteiger partial charge in [-0.15, -0.1) is 11.8 Å². The quantitative estimate of drug-likeness (QED) is 0.612. The molecule has 0 atom stereocenters. The molecule has 0 aliphatic rings. The molecule has 4 heteroatoms. The Balaban J connectivity index is 2.51. The average Bonchev–Trinajstić information content (AvgIpc) is 2.29. The van der Waals surface area contributed by atoms with E-state index in [1.807, 2.05) is 24.4 Å². The first-order valence-electron chi connectivity index (χ1n) is 4.69. The van der Waals surface area contributed by atoms with Crippen molar-refractivity contribution in [1.82, 2.24) is 4.98 Å². The lowest BCUT2D eigenvalue weighted by Gasteiger charge is -2.06. The van der Waals surface area contributed by atoms with Crippen molar-refractivity contribution < 1.29 is 5.11 Å². The Labute approximate surface area is 92.3 Å². The molecule has 0 aliphatic carbocycles. The minimum Gasteiger partial charge on any atom is -0.398 e. The molecule has 2 rings (SSSR count). The van der Waals surface area contributed by atoms with E-state index >= 15 is 0 Å². The maximum absolute atomic E-state index is 8.79. The molecule has 0 radical (unpaired) electrons. The van der Waals surface area contributed by atoms with Crippen LogP contribution in [0.2, 0.25) is 0 Å². The molecule has 0 amide bonds. The number of anilines is 1. The number of aliphatic hydroxyl groups is 1. The minimum atomic E-state index is 0.177. The lowest BCUT2D eigenvalue weighted by molar-refractivity contribution is 0.322. The van der Waals surface area contributed by atoms with Crippen LogP contribution in [-0.4, -0.2) is 22.5 Å². The van der Waals surface area contributed by atoms with E-state index in [4.69, 9.17) is 10.8 Å². The molecule has 15 heavy (non-hydrogen) atoms. The highest BCUT2D eigenvalue weighted by Crippen LogP contribution is 2.30.